The molecule has 0 radical (unpaired) electrons. The molecule has 212 valence electrons. The molecule has 3 aliphatic rings. The van der Waals surface area contributed by atoms with Crippen LogP contribution < -0.4 is 0 Å². The molecule has 0 bridgehead atoms. The largest absolute Gasteiger partial charge is 0.392 e. The molecule has 3 aliphatic carbocycles. The van der Waals surface area contributed by atoms with Gasteiger partial charge in [0.1, 0.15) is 0 Å². The van der Waals surface area contributed by atoms with Crippen molar-refractivity contribution in [2.45, 2.75) is 116 Å². The van der Waals surface area contributed by atoms with E-state index >= 15 is 0 Å². The summed E-state index contributed by atoms with van der Waals surface area (Å²) in [6.07, 6.45) is 12.1. The third kappa shape index (κ3) is 6.14. The van der Waals surface area contributed by atoms with Gasteiger partial charge in [-0.25, -0.2) is 0 Å². The average Bonchev–Trinajstić information content (AvgIpc) is 3.50. The van der Waals surface area contributed by atoms with Crippen molar-refractivity contribution in [2.24, 2.45) is 29.1 Å². The number of rotatable bonds is 9. The highest BCUT2D eigenvalue weighted by molar-refractivity contribution is 5.39. The van der Waals surface area contributed by atoms with Crippen molar-refractivity contribution in [3.8, 4) is 0 Å². The predicted molar refractivity (Wildman–Crippen MR) is 147 cm³/mol. The van der Waals surface area contributed by atoms with Crippen molar-refractivity contribution in [3.63, 3.8) is 0 Å². The van der Waals surface area contributed by atoms with Gasteiger partial charge in [-0.2, -0.15) is 4.80 Å². The summed E-state index contributed by atoms with van der Waals surface area (Å²) in [6, 6.07) is 0. The molecule has 0 amide bonds. The number of fused-ring (bicyclic) bond motifs is 1. The molecule has 0 aromatic carbocycles. The Bertz CT molecular complexity index is 1010. The van der Waals surface area contributed by atoms with E-state index in [-0.39, 0.29) is 11.3 Å². The normalized spacial score (nSPS) is 36.0. The molecule has 3 fully saturated rings. The minimum absolute atomic E-state index is 0.241. The molecule has 1 aromatic rings. The van der Waals surface area contributed by atoms with Crippen LogP contribution in [0.25, 0.3) is 0 Å². The van der Waals surface area contributed by atoms with Crippen LogP contribution in [0.3, 0.4) is 0 Å². The lowest BCUT2D eigenvalue weighted by Gasteiger charge is -2.44. The molecule has 0 saturated heterocycles. The molecule has 1 heterocycles. The first-order valence-electron chi connectivity index (χ1n) is 14.5. The van der Waals surface area contributed by atoms with Crippen LogP contribution in [0.5, 0.6) is 0 Å². The number of hydrogen-bond acceptors (Lipinski definition) is 7. The third-order valence-electron chi connectivity index (χ3n) is 10.1. The molecule has 8 atom stereocenters. The standard InChI is InChI=1S/C30H48N4O4/c1-19(8-13-27(36)29(3,4)38)24-11-12-25-21(7-6-15-30(24,25)5)9-10-22-17-26(35)23(28(37)20(22)2)14-16-34-32-18-31-33-34/h9-10,18-19,23-28,35-38H,2,6-8,11-17H2,1,3-5H3/b21-9+,22-10-/t19-,23+,24-,25+,26-,27+,28-,30-/m1/s1. The van der Waals surface area contributed by atoms with Gasteiger partial charge in [0.25, 0.3) is 0 Å². The molecule has 38 heavy (non-hydrogen) atoms. The summed E-state index contributed by atoms with van der Waals surface area (Å²) in [5.74, 6) is 1.33. The van der Waals surface area contributed by atoms with Crippen LogP contribution in [0.15, 0.2) is 41.8 Å². The number of tetrazole rings is 1. The Morgan fingerprint density at radius 2 is 2.00 bits per heavy atom. The summed E-state index contributed by atoms with van der Waals surface area (Å²) < 4.78 is 0. The van der Waals surface area contributed by atoms with Crippen LogP contribution in [0.4, 0.5) is 0 Å². The van der Waals surface area contributed by atoms with Crippen molar-refractivity contribution < 1.29 is 20.4 Å². The maximum atomic E-state index is 11.0. The number of hydrogen-bond donors (Lipinski definition) is 4. The van der Waals surface area contributed by atoms with Crippen LogP contribution >= 0.6 is 0 Å². The zero-order valence-electron chi connectivity index (χ0n) is 23.6. The average molecular weight is 529 g/mol. The molecular formula is C30H48N4O4. The molecule has 8 heteroatoms. The molecule has 1 aromatic heterocycles. The van der Waals surface area contributed by atoms with E-state index in [1.54, 1.807) is 13.8 Å². The minimum Gasteiger partial charge on any atom is -0.392 e. The second kappa shape index (κ2) is 11.7. The van der Waals surface area contributed by atoms with E-state index in [1.165, 1.54) is 42.4 Å². The molecule has 3 saturated carbocycles. The lowest BCUT2D eigenvalue weighted by Crippen LogP contribution is -2.39. The van der Waals surface area contributed by atoms with Gasteiger partial charge in [0.05, 0.1) is 30.5 Å². The minimum atomic E-state index is -1.06. The van der Waals surface area contributed by atoms with Gasteiger partial charge in [0, 0.05) is 5.92 Å². The summed E-state index contributed by atoms with van der Waals surface area (Å²) in [4.78, 5) is 1.48. The van der Waals surface area contributed by atoms with Crippen molar-refractivity contribution in [1.29, 1.82) is 0 Å². The number of aliphatic hydroxyl groups is 4. The van der Waals surface area contributed by atoms with Gasteiger partial charge in [-0.3, -0.25) is 0 Å². The van der Waals surface area contributed by atoms with E-state index in [0.717, 1.165) is 18.4 Å². The summed E-state index contributed by atoms with van der Waals surface area (Å²) in [7, 11) is 0. The van der Waals surface area contributed by atoms with Crippen LogP contribution in [0.2, 0.25) is 0 Å². The number of allylic oxidation sites excluding steroid dienone is 3. The summed E-state index contributed by atoms with van der Waals surface area (Å²) in [5.41, 5.74) is 2.29. The first-order valence-corrected chi connectivity index (χ1v) is 14.5. The van der Waals surface area contributed by atoms with Crippen LogP contribution in [0, 0.1) is 29.1 Å². The Kier molecular flexibility index (Phi) is 8.97. The number of aryl methyl sites for hydroxylation is 1. The maximum absolute atomic E-state index is 11.0. The fraction of sp³-hybridized carbons (Fsp3) is 0.767. The van der Waals surface area contributed by atoms with Crippen LogP contribution in [0.1, 0.15) is 85.5 Å². The second-order valence-electron chi connectivity index (χ2n) is 13.0. The van der Waals surface area contributed by atoms with E-state index < -0.39 is 23.9 Å². The van der Waals surface area contributed by atoms with Crippen molar-refractivity contribution in [1.82, 2.24) is 20.2 Å². The second-order valence-corrected chi connectivity index (χ2v) is 13.0. The molecule has 4 rings (SSSR count). The van der Waals surface area contributed by atoms with Gasteiger partial charge in [-0.15, -0.1) is 10.2 Å². The predicted octanol–water partition coefficient (Wildman–Crippen LogP) is 3.98. The SMILES string of the molecule is C=C1/C(=C\C=C2/CCC[C@]3(C)[C@@H]([C@H](C)CC[C@H](O)C(C)(C)O)CC[C@@H]23)C[C@@H](O)[C@H](CCn2ncnn2)[C@@H]1O. The van der Waals surface area contributed by atoms with E-state index in [0.29, 0.717) is 49.1 Å². The molecule has 0 spiro atoms. The fourth-order valence-corrected chi connectivity index (χ4v) is 7.64. The maximum Gasteiger partial charge on any atom is 0.162 e. The molecular weight excluding hydrogens is 480 g/mol. The van der Waals surface area contributed by atoms with Gasteiger partial charge in [0.2, 0.25) is 0 Å². The van der Waals surface area contributed by atoms with Crippen molar-refractivity contribution >= 4 is 0 Å². The van der Waals surface area contributed by atoms with E-state index in [9.17, 15) is 20.4 Å². The Labute approximate surface area is 227 Å². The highest BCUT2D eigenvalue weighted by Gasteiger charge is 2.50. The first-order chi connectivity index (χ1) is 17.9. The smallest absolute Gasteiger partial charge is 0.162 e. The Morgan fingerprint density at radius 3 is 2.68 bits per heavy atom. The number of aliphatic hydroxyl groups excluding tert-OH is 3. The van der Waals surface area contributed by atoms with Gasteiger partial charge in [-0.1, -0.05) is 38.2 Å². The third-order valence-corrected chi connectivity index (χ3v) is 10.1. The van der Waals surface area contributed by atoms with E-state index in [2.05, 4.69) is 48.0 Å². The van der Waals surface area contributed by atoms with Crippen molar-refractivity contribution in [2.75, 3.05) is 0 Å². The van der Waals surface area contributed by atoms with E-state index in [4.69, 9.17) is 0 Å². The topological polar surface area (TPSA) is 125 Å². The zero-order valence-corrected chi connectivity index (χ0v) is 23.6. The first kappa shape index (κ1) is 29.1. The summed E-state index contributed by atoms with van der Waals surface area (Å²) in [6.45, 7) is 12.8. The van der Waals surface area contributed by atoms with Gasteiger partial charge < -0.3 is 20.4 Å². The van der Waals surface area contributed by atoms with E-state index in [1.807, 2.05) is 0 Å². The number of aromatic nitrogens is 4. The molecule has 0 unspecified atom stereocenters. The van der Waals surface area contributed by atoms with Crippen molar-refractivity contribution in [3.05, 3.63) is 41.8 Å². The van der Waals surface area contributed by atoms with Gasteiger partial charge in [-0.05, 0) is 111 Å². The Balaban J connectivity index is 1.41. The number of nitrogens with zero attached hydrogens (tertiary/aromatic N) is 4. The highest BCUT2D eigenvalue weighted by atomic mass is 16.3. The molecule has 4 N–H and O–H groups in total. The summed E-state index contributed by atoms with van der Waals surface area (Å²) in [5, 5.41) is 53.9. The Morgan fingerprint density at radius 1 is 1.24 bits per heavy atom. The fourth-order valence-electron chi connectivity index (χ4n) is 7.64. The highest BCUT2D eigenvalue weighted by Crippen LogP contribution is 2.60. The quantitative estimate of drug-likeness (QED) is 0.382. The van der Waals surface area contributed by atoms with Gasteiger partial charge in [0.15, 0.2) is 6.33 Å². The zero-order chi connectivity index (χ0) is 27.7. The van der Waals surface area contributed by atoms with Crippen LogP contribution in [-0.4, -0.2) is 64.5 Å². The van der Waals surface area contributed by atoms with Crippen LogP contribution in [-0.2, 0) is 6.54 Å². The molecule has 0 aliphatic heterocycles. The monoisotopic (exact) mass is 528 g/mol. The van der Waals surface area contributed by atoms with Gasteiger partial charge >= 0.3 is 0 Å². The summed E-state index contributed by atoms with van der Waals surface area (Å²) >= 11 is 0. The lowest BCUT2D eigenvalue weighted by atomic mass is 9.60. The molecule has 8 nitrogen and oxygen atoms in total. The lowest BCUT2D eigenvalue weighted by molar-refractivity contribution is -0.0554. The Hall–Kier alpha value is -1.87.